The van der Waals surface area contributed by atoms with Crippen LogP contribution in [0.3, 0.4) is 0 Å². The lowest BCUT2D eigenvalue weighted by Crippen LogP contribution is -2.23. The second-order valence-corrected chi connectivity index (χ2v) is 3.91. The molecule has 2 N–H and O–H groups in total. The van der Waals surface area contributed by atoms with Crippen molar-refractivity contribution in [2.75, 3.05) is 13.7 Å². The maximum absolute atomic E-state index is 13.6. The van der Waals surface area contributed by atoms with E-state index < -0.39 is 30.4 Å². The molecule has 0 aromatic heterocycles. The topological polar surface area (TPSA) is 76.0 Å². The Hall–Kier alpha value is -1.66. The Labute approximate surface area is 110 Å². The molecule has 1 rings (SSSR count). The maximum atomic E-state index is 13.6. The minimum absolute atomic E-state index is 0.129. The van der Waals surface area contributed by atoms with Gasteiger partial charge in [-0.25, -0.2) is 4.39 Å². The Bertz CT molecular complexity index is 435. The molecule has 0 amide bonds. The molecule has 0 bridgehead atoms. The van der Waals surface area contributed by atoms with Crippen molar-refractivity contribution in [1.82, 2.24) is 0 Å². The predicted octanol–water partition coefficient (Wildman–Crippen LogP) is 1.18. The zero-order valence-electron chi connectivity index (χ0n) is 10.8. The number of hydrogen-bond acceptors (Lipinski definition) is 5. The van der Waals surface area contributed by atoms with E-state index in [-0.39, 0.29) is 12.2 Å². The van der Waals surface area contributed by atoms with Gasteiger partial charge in [0.2, 0.25) is 0 Å². The summed E-state index contributed by atoms with van der Waals surface area (Å²) < 4.78 is 23.1. The molecule has 1 aromatic rings. The Kier molecular flexibility index (Phi) is 5.72. The number of halogens is 1. The van der Waals surface area contributed by atoms with Gasteiger partial charge in [-0.2, -0.15) is 0 Å². The highest BCUT2D eigenvalue weighted by Crippen LogP contribution is 2.26. The molecular weight excluding hydrogens is 255 g/mol. The fourth-order valence-electron chi connectivity index (χ4n) is 1.59. The largest absolute Gasteiger partial charge is 0.497 e. The summed E-state index contributed by atoms with van der Waals surface area (Å²) in [6.45, 7) is 1.80. The van der Waals surface area contributed by atoms with Gasteiger partial charge < -0.3 is 19.7 Å². The Morgan fingerprint density at radius 1 is 1.42 bits per heavy atom. The third-order valence-electron chi connectivity index (χ3n) is 2.57. The number of carbonyl (C=O) groups is 1. The van der Waals surface area contributed by atoms with Crippen molar-refractivity contribution in [3.63, 3.8) is 0 Å². The number of ether oxygens (including phenoxy) is 2. The van der Waals surface area contributed by atoms with Gasteiger partial charge in [-0.05, 0) is 25.1 Å². The van der Waals surface area contributed by atoms with Gasteiger partial charge in [0, 0.05) is 5.56 Å². The van der Waals surface area contributed by atoms with E-state index in [0.29, 0.717) is 5.75 Å². The second-order valence-electron chi connectivity index (χ2n) is 3.91. The van der Waals surface area contributed by atoms with Crippen LogP contribution < -0.4 is 4.74 Å². The molecule has 0 saturated carbocycles. The van der Waals surface area contributed by atoms with Crippen LogP contribution in [0.5, 0.6) is 5.75 Å². The van der Waals surface area contributed by atoms with Crippen LogP contribution >= 0.6 is 0 Å². The predicted molar refractivity (Wildman–Crippen MR) is 65.2 cm³/mol. The third-order valence-corrected chi connectivity index (χ3v) is 2.57. The molecule has 0 saturated heterocycles. The highest BCUT2D eigenvalue weighted by molar-refractivity contribution is 5.70. The van der Waals surface area contributed by atoms with Gasteiger partial charge in [-0.3, -0.25) is 4.79 Å². The molecule has 6 heteroatoms. The summed E-state index contributed by atoms with van der Waals surface area (Å²) in [5.74, 6) is -0.993. The minimum atomic E-state index is -1.53. The second kappa shape index (κ2) is 7.06. The van der Waals surface area contributed by atoms with Crippen molar-refractivity contribution in [3.8, 4) is 5.75 Å². The van der Waals surface area contributed by atoms with Crippen molar-refractivity contribution in [2.45, 2.75) is 25.6 Å². The average molecular weight is 272 g/mol. The first-order chi connectivity index (χ1) is 8.99. The van der Waals surface area contributed by atoms with Gasteiger partial charge in [0.1, 0.15) is 17.7 Å². The third kappa shape index (κ3) is 4.18. The molecular formula is C13H17FO5. The Morgan fingerprint density at radius 2 is 2.11 bits per heavy atom. The highest BCUT2D eigenvalue weighted by atomic mass is 19.1. The van der Waals surface area contributed by atoms with E-state index in [1.54, 1.807) is 6.92 Å². The summed E-state index contributed by atoms with van der Waals surface area (Å²) in [6, 6.07) is 3.78. The van der Waals surface area contributed by atoms with Gasteiger partial charge in [-0.1, -0.05) is 0 Å². The van der Waals surface area contributed by atoms with E-state index >= 15 is 0 Å². The standard InChI is InChI=1S/C13H17FO5/c1-3-19-12(16)7-11(15)13(17)9-6-8(18-2)4-5-10(9)14/h4-6,11,13,15,17H,3,7H2,1-2H3. The lowest BCUT2D eigenvalue weighted by molar-refractivity contribution is -0.147. The molecule has 0 heterocycles. The van der Waals surface area contributed by atoms with Gasteiger partial charge >= 0.3 is 5.97 Å². The fourth-order valence-corrected chi connectivity index (χ4v) is 1.59. The van der Waals surface area contributed by atoms with Crippen LogP contribution in [0.25, 0.3) is 0 Å². The summed E-state index contributed by atoms with van der Waals surface area (Å²) in [4.78, 5) is 11.2. The van der Waals surface area contributed by atoms with E-state index in [2.05, 4.69) is 4.74 Å². The lowest BCUT2D eigenvalue weighted by atomic mass is 10.0. The molecule has 0 aliphatic rings. The van der Waals surface area contributed by atoms with Crippen LogP contribution in [0.2, 0.25) is 0 Å². The zero-order valence-corrected chi connectivity index (χ0v) is 10.8. The molecule has 2 unspecified atom stereocenters. The van der Waals surface area contributed by atoms with Gasteiger partial charge in [0.05, 0.1) is 26.2 Å². The van der Waals surface area contributed by atoms with Crippen LogP contribution in [0.15, 0.2) is 18.2 Å². The summed E-state index contributed by atoms with van der Waals surface area (Å²) in [5.41, 5.74) is -0.129. The van der Waals surface area contributed by atoms with Crippen LogP contribution in [0.1, 0.15) is 25.0 Å². The van der Waals surface area contributed by atoms with E-state index in [9.17, 15) is 19.4 Å². The number of esters is 1. The number of carbonyl (C=O) groups excluding carboxylic acids is 1. The normalized spacial score (nSPS) is 13.7. The quantitative estimate of drug-likeness (QED) is 0.761. The maximum Gasteiger partial charge on any atom is 0.308 e. The zero-order chi connectivity index (χ0) is 14.4. The first-order valence-corrected chi connectivity index (χ1v) is 5.84. The van der Waals surface area contributed by atoms with Crippen molar-refractivity contribution in [1.29, 1.82) is 0 Å². The van der Waals surface area contributed by atoms with Gasteiger partial charge in [0.15, 0.2) is 0 Å². The van der Waals surface area contributed by atoms with Crippen molar-refractivity contribution in [3.05, 3.63) is 29.6 Å². The Balaban J connectivity index is 2.81. The summed E-state index contributed by atoms with van der Waals surface area (Å²) in [5, 5.41) is 19.6. The fraction of sp³-hybridized carbons (Fsp3) is 0.462. The lowest BCUT2D eigenvalue weighted by Gasteiger charge is -2.18. The van der Waals surface area contributed by atoms with E-state index in [0.717, 1.165) is 6.07 Å². The number of benzene rings is 1. The van der Waals surface area contributed by atoms with Crippen molar-refractivity contribution >= 4 is 5.97 Å². The van der Waals surface area contributed by atoms with Crippen molar-refractivity contribution < 1.29 is 28.9 Å². The first kappa shape index (κ1) is 15.4. The average Bonchev–Trinajstić information content (AvgIpc) is 2.38. The number of aliphatic hydroxyl groups excluding tert-OH is 2. The van der Waals surface area contributed by atoms with E-state index in [1.165, 1.54) is 19.2 Å². The number of hydrogen-bond donors (Lipinski definition) is 2. The van der Waals surface area contributed by atoms with Crippen LogP contribution in [-0.2, 0) is 9.53 Å². The van der Waals surface area contributed by atoms with Crippen LogP contribution in [0.4, 0.5) is 4.39 Å². The first-order valence-electron chi connectivity index (χ1n) is 5.84. The molecule has 0 aliphatic carbocycles. The summed E-state index contributed by atoms with van der Waals surface area (Å²) >= 11 is 0. The van der Waals surface area contributed by atoms with Crippen LogP contribution in [0, 0.1) is 5.82 Å². The molecule has 0 radical (unpaired) electrons. The molecule has 0 spiro atoms. The van der Waals surface area contributed by atoms with Gasteiger partial charge in [-0.15, -0.1) is 0 Å². The number of rotatable bonds is 6. The molecule has 1 aromatic carbocycles. The molecule has 0 fully saturated rings. The minimum Gasteiger partial charge on any atom is -0.497 e. The number of methoxy groups -OCH3 is 1. The van der Waals surface area contributed by atoms with Crippen molar-refractivity contribution in [2.24, 2.45) is 0 Å². The van der Waals surface area contributed by atoms with Crippen LogP contribution in [-0.4, -0.2) is 36.0 Å². The highest BCUT2D eigenvalue weighted by Gasteiger charge is 2.25. The van der Waals surface area contributed by atoms with E-state index in [4.69, 9.17) is 4.74 Å². The SMILES string of the molecule is CCOC(=O)CC(O)C(O)c1cc(OC)ccc1F. The van der Waals surface area contributed by atoms with E-state index in [1.807, 2.05) is 0 Å². The smallest absolute Gasteiger partial charge is 0.308 e. The number of aliphatic hydroxyl groups is 2. The monoisotopic (exact) mass is 272 g/mol. The summed E-state index contributed by atoms with van der Waals surface area (Å²) in [6.07, 6.45) is -3.38. The Morgan fingerprint density at radius 3 is 2.68 bits per heavy atom. The molecule has 0 aliphatic heterocycles. The molecule has 19 heavy (non-hydrogen) atoms. The molecule has 5 nitrogen and oxygen atoms in total. The molecule has 2 atom stereocenters. The molecule has 106 valence electrons. The summed E-state index contributed by atoms with van der Waals surface area (Å²) in [7, 11) is 1.40. The van der Waals surface area contributed by atoms with Gasteiger partial charge in [0.25, 0.3) is 0 Å².